The molecule has 1 heterocycles. The van der Waals surface area contributed by atoms with Gasteiger partial charge >= 0.3 is 0 Å². The average molecular weight is 226 g/mol. The Morgan fingerprint density at radius 3 is 2.75 bits per heavy atom. The molecular weight excluding hydrogens is 196 g/mol. The van der Waals surface area contributed by atoms with Crippen LogP contribution < -0.4 is 5.32 Å². The Hall–Kier alpha value is -0.0800. The lowest BCUT2D eigenvalue weighted by atomic mass is 10.0. The summed E-state index contributed by atoms with van der Waals surface area (Å²) in [5, 5.41) is 3.68. The van der Waals surface area contributed by atoms with Crippen LogP contribution in [0.2, 0.25) is 0 Å². The quantitative estimate of drug-likeness (QED) is 0.793. The highest BCUT2D eigenvalue weighted by molar-refractivity contribution is 4.75. The largest absolute Gasteiger partial charge is 0.314 e. The van der Waals surface area contributed by atoms with E-state index >= 15 is 0 Å². The standard InChI is InChI=1S/C14H30N2/c1-5-14-7-9-16(8-6-12(2)3)11-13(4)10-15-14/h12-15H,5-11H2,1-4H3. The van der Waals surface area contributed by atoms with E-state index in [0.29, 0.717) is 0 Å². The third-order valence-electron chi connectivity index (χ3n) is 3.63. The van der Waals surface area contributed by atoms with Gasteiger partial charge in [-0.25, -0.2) is 0 Å². The van der Waals surface area contributed by atoms with Gasteiger partial charge in [-0.1, -0.05) is 27.7 Å². The summed E-state index contributed by atoms with van der Waals surface area (Å²) in [5.41, 5.74) is 0. The Morgan fingerprint density at radius 2 is 2.12 bits per heavy atom. The van der Waals surface area contributed by atoms with Crippen molar-refractivity contribution in [2.45, 2.75) is 53.0 Å². The van der Waals surface area contributed by atoms with E-state index in [1.807, 2.05) is 0 Å². The fourth-order valence-corrected chi connectivity index (χ4v) is 2.40. The zero-order chi connectivity index (χ0) is 12.0. The molecule has 2 heteroatoms. The molecule has 0 aliphatic carbocycles. The van der Waals surface area contributed by atoms with E-state index in [-0.39, 0.29) is 0 Å². The molecule has 0 saturated carbocycles. The molecule has 1 rings (SSSR count). The summed E-state index contributed by atoms with van der Waals surface area (Å²) in [5.74, 6) is 1.63. The van der Waals surface area contributed by atoms with Gasteiger partial charge in [-0.15, -0.1) is 0 Å². The first-order valence-corrected chi connectivity index (χ1v) is 7.07. The van der Waals surface area contributed by atoms with Crippen LogP contribution in [-0.4, -0.2) is 37.1 Å². The second kappa shape index (κ2) is 7.29. The first-order valence-electron chi connectivity index (χ1n) is 7.07. The summed E-state index contributed by atoms with van der Waals surface area (Å²) in [4.78, 5) is 2.67. The van der Waals surface area contributed by atoms with Gasteiger partial charge in [0.25, 0.3) is 0 Å². The second-order valence-corrected chi connectivity index (χ2v) is 5.89. The summed E-state index contributed by atoms with van der Waals surface area (Å²) in [6, 6.07) is 0.740. The average Bonchev–Trinajstić information content (AvgIpc) is 2.22. The van der Waals surface area contributed by atoms with Gasteiger partial charge < -0.3 is 10.2 Å². The fourth-order valence-electron chi connectivity index (χ4n) is 2.40. The maximum Gasteiger partial charge on any atom is 0.00767 e. The van der Waals surface area contributed by atoms with E-state index in [0.717, 1.165) is 17.9 Å². The van der Waals surface area contributed by atoms with Crippen LogP contribution in [0, 0.1) is 11.8 Å². The highest BCUT2D eigenvalue weighted by atomic mass is 15.1. The van der Waals surface area contributed by atoms with Gasteiger partial charge in [-0.05, 0) is 50.7 Å². The summed E-state index contributed by atoms with van der Waals surface area (Å²) in [7, 11) is 0. The Balaban J connectivity index is 2.37. The lowest BCUT2D eigenvalue weighted by molar-refractivity contribution is 0.189. The van der Waals surface area contributed by atoms with Crippen LogP contribution >= 0.6 is 0 Å². The van der Waals surface area contributed by atoms with Gasteiger partial charge in [0.15, 0.2) is 0 Å². The molecule has 1 N–H and O–H groups in total. The summed E-state index contributed by atoms with van der Waals surface area (Å²) in [6.07, 6.45) is 3.93. The topological polar surface area (TPSA) is 15.3 Å². The van der Waals surface area contributed by atoms with E-state index in [2.05, 4.69) is 37.9 Å². The molecule has 16 heavy (non-hydrogen) atoms. The van der Waals surface area contributed by atoms with Crippen LogP contribution in [0.4, 0.5) is 0 Å². The van der Waals surface area contributed by atoms with Crippen LogP contribution in [-0.2, 0) is 0 Å². The van der Waals surface area contributed by atoms with Crippen molar-refractivity contribution in [2.75, 3.05) is 26.2 Å². The molecule has 0 aromatic heterocycles. The predicted octanol–water partition coefficient (Wildman–Crippen LogP) is 2.74. The van der Waals surface area contributed by atoms with Gasteiger partial charge in [0, 0.05) is 12.6 Å². The number of nitrogens with one attached hydrogen (secondary N) is 1. The number of rotatable bonds is 4. The van der Waals surface area contributed by atoms with E-state index in [1.54, 1.807) is 0 Å². The smallest absolute Gasteiger partial charge is 0.00767 e. The zero-order valence-corrected chi connectivity index (χ0v) is 11.6. The highest BCUT2D eigenvalue weighted by Crippen LogP contribution is 2.11. The van der Waals surface area contributed by atoms with Crippen LogP contribution in [0.25, 0.3) is 0 Å². The molecule has 1 saturated heterocycles. The van der Waals surface area contributed by atoms with Crippen molar-refractivity contribution in [3.63, 3.8) is 0 Å². The van der Waals surface area contributed by atoms with Crippen LogP contribution in [0.5, 0.6) is 0 Å². The highest BCUT2D eigenvalue weighted by Gasteiger charge is 2.17. The Labute approximate surface area is 102 Å². The molecule has 2 atom stereocenters. The maximum absolute atomic E-state index is 3.68. The molecule has 0 aromatic rings. The minimum Gasteiger partial charge on any atom is -0.314 e. The molecule has 1 aliphatic rings. The van der Waals surface area contributed by atoms with Gasteiger partial charge in [-0.3, -0.25) is 0 Å². The molecule has 0 radical (unpaired) electrons. The van der Waals surface area contributed by atoms with Gasteiger partial charge in [0.05, 0.1) is 0 Å². The van der Waals surface area contributed by atoms with Crippen molar-refractivity contribution in [3.05, 3.63) is 0 Å². The molecule has 0 aromatic carbocycles. The minimum absolute atomic E-state index is 0.740. The van der Waals surface area contributed by atoms with E-state index in [1.165, 1.54) is 45.4 Å². The van der Waals surface area contributed by atoms with Gasteiger partial charge in [0.2, 0.25) is 0 Å². The van der Waals surface area contributed by atoms with Crippen molar-refractivity contribution in [1.82, 2.24) is 10.2 Å². The van der Waals surface area contributed by atoms with Crippen molar-refractivity contribution in [3.8, 4) is 0 Å². The normalized spacial score (nSPS) is 29.1. The molecule has 0 amide bonds. The summed E-state index contributed by atoms with van der Waals surface area (Å²) in [6.45, 7) is 14.3. The van der Waals surface area contributed by atoms with E-state index in [9.17, 15) is 0 Å². The van der Waals surface area contributed by atoms with Crippen LogP contribution in [0.3, 0.4) is 0 Å². The molecule has 2 nitrogen and oxygen atoms in total. The van der Waals surface area contributed by atoms with Crippen molar-refractivity contribution in [2.24, 2.45) is 11.8 Å². The van der Waals surface area contributed by atoms with E-state index < -0.39 is 0 Å². The number of hydrogen-bond acceptors (Lipinski definition) is 2. The molecule has 1 aliphatic heterocycles. The predicted molar refractivity (Wildman–Crippen MR) is 71.8 cm³/mol. The molecular formula is C14H30N2. The fraction of sp³-hybridized carbons (Fsp3) is 1.00. The number of hydrogen-bond donors (Lipinski definition) is 1. The molecule has 96 valence electrons. The molecule has 1 fully saturated rings. The lowest BCUT2D eigenvalue weighted by Gasteiger charge is -2.32. The zero-order valence-electron chi connectivity index (χ0n) is 11.6. The third-order valence-corrected chi connectivity index (χ3v) is 3.63. The lowest BCUT2D eigenvalue weighted by Crippen LogP contribution is -2.43. The first-order chi connectivity index (χ1) is 7.61. The molecule has 0 spiro atoms. The minimum atomic E-state index is 0.740. The Bertz CT molecular complexity index is 180. The maximum atomic E-state index is 3.68. The second-order valence-electron chi connectivity index (χ2n) is 5.89. The van der Waals surface area contributed by atoms with E-state index in [4.69, 9.17) is 0 Å². The third kappa shape index (κ3) is 5.31. The van der Waals surface area contributed by atoms with Gasteiger partial charge in [-0.2, -0.15) is 0 Å². The molecule has 0 bridgehead atoms. The molecule has 2 unspecified atom stereocenters. The summed E-state index contributed by atoms with van der Waals surface area (Å²) >= 11 is 0. The number of nitrogens with zero attached hydrogens (tertiary/aromatic N) is 1. The monoisotopic (exact) mass is 226 g/mol. The van der Waals surface area contributed by atoms with Crippen molar-refractivity contribution >= 4 is 0 Å². The SMILES string of the molecule is CCC1CCN(CCC(C)C)CC(C)CN1. The van der Waals surface area contributed by atoms with Gasteiger partial charge in [0.1, 0.15) is 0 Å². The first kappa shape index (κ1) is 14.0. The van der Waals surface area contributed by atoms with Crippen molar-refractivity contribution in [1.29, 1.82) is 0 Å². The Morgan fingerprint density at radius 1 is 1.38 bits per heavy atom. The van der Waals surface area contributed by atoms with Crippen LogP contribution in [0.1, 0.15) is 47.0 Å². The van der Waals surface area contributed by atoms with Crippen LogP contribution in [0.15, 0.2) is 0 Å². The Kier molecular flexibility index (Phi) is 6.37. The van der Waals surface area contributed by atoms with Crippen molar-refractivity contribution < 1.29 is 0 Å². The summed E-state index contributed by atoms with van der Waals surface area (Å²) < 4.78 is 0.